The second kappa shape index (κ2) is 6.33. The van der Waals surface area contributed by atoms with E-state index in [0.29, 0.717) is 11.6 Å². The average Bonchev–Trinajstić information content (AvgIpc) is 3.18. The highest BCUT2D eigenvalue weighted by Gasteiger charge is 2.41. The highest BCUT2D eigenvalue weighted by molar-refractivity contribution is 4.99. The maximum Gasteiger partial charge on any atom is 0.0576 e. The van der Waals surface area contributed by atoms with Crippen molar-refractivity contribution in [2.24, 2.45) is 5.92 Å². The molecule has 1 N–H and O–H groups in total. The summed E-state index contributed by atoms with van der Waals surface area (Å²) in [5.41, 5.74) is 0.363. The van der Waals surface area contributed by atoms with Gasteiger partial charge in [0.1, 0.15) is 0 Å². The molecule has 3 heteroatoms. The first-order valence-corrected chi connectivity index (χ1v) is 8.81. The molecule has 3 unspecified atom stereocenters. The van der Waals surface area contributed by atoms with Gasteiger partial charge >= 0.3 is 0 Å². The topological polar surface area (TPSA) is 24.5 Å². The zero-order valence-electron chi connectivity index (χ0n) is 13.4. The lowest BCUT2D eigenvalue weighted by atomic mass is 9.90. The van der Waals surface area contributed by atoms with Crippen LogP contribution in [0.1, 0.15) is 58.8 Å². The first-order chi connectivity index (χ1) is 9.71. The molecule has 1 aliphatic carbocycles. The normalized spacial score (nSPS) is 39.3. The highest BCUT2D eigenvalue weighted by atomic mass is 16.5. The summed E-state index contributed by atoms with van der Waals surface area (Å²) in [4.78, 5) is 2.78. The van der Waals surface area contributed by atoms with Gasteiger partial charge in [-0.15, -0.1) is 0 Å². The standard InChI is InChI=1S/C17H32N2O/c1-3-17(2)13-18-16(14-8-9-14)12-19(17)10-4-6-15-7-5-11-20-15/h14-16,18H,3-13H2,1-2H3. The summed E-state index contributed by atoms with van der Waals surface area (Å²) in [6.45, 7) is 9.47. The van der Waals surface area contributed by atoms with Crippen LogP contribution in [-0.2, 0) is 4.74 Å². The lowest BCUT2D eigenvalue weighted by Crippen LogP contribution is -2.63. The Bertz CT molecular complexity index is 312. The van der Waals surface area contributed by atoms with E-state index < -0.39 is 0 Å². The van der Waals surface area contributed by atoms with E-state index in [0.717, 1.165) is 18.6 Å². The van der Waals surface area contributed by atoms with E-state index in [1.54, 1.807) is 0 Å². The van der Waals surface area contributed by atoms with Gasteiger partial charge in [-0.05, 0) is 64.3 Å². The summed E-state index contributed by atoms with van der Waals surface area (Å²) in [7, 11) is 0. The molecule has 20 heavy (non-hydrogen) atoms. The predicted octanol–water partition coefficient (Wildman–Crippen LogP) is 2.80. The number of piperazine rings is 1. The zero-order chi connectivity index (χ0) is 14.0. The third-order valence-electron chi connectivity index (χ3n) is 5.86. The maximum atomic E-state index is 5.76. The SMILES string of the molecule is CCC1(C)CNC(C2CC2)CN1CCCC1CCCO1. The van der Waals surface area contributed by atoms with Crippen LogP contribution in [0.2, 0.25) is 0 Å². The van der Waals surface area contributed by atoms with E-state index in [2.05, 4.69) is 24.1 Å². The number of ether oxygens (including phenoxy) is 1. The third kappa shape index (κ3) is 3.37. The molecule has 0 bridgehead atoms. The molecule has 3 rings (SSSR count). The molecule has 2 saturated heterocycles. The Hall–Kier alpha value is -0.120. The van der Waals surface area contributed by atoms with Gasteiger partial charge < -0.3 is 10.1 Å². The fourth-order valence-electron chi connectivity index (χ4n) is 3.89. The maximum absolute atomic E-state index is 5.76. The summed E-state index contributed by atoms with van der Waals surface area (Å²) < 4.78 is 5.76. The molecule has 1 saturated carbocycles. The lowest BCUT2D eigenvalue weighted by Gasteiger charge is -2.48. The van der Waals surface area contributed by atoms with Crippen molar-refractivity contribution in [2.75, 3.05) is 26.2 Å². The van der Waals surface area contributed by atoms with Crippen molar-refractivity contribution in [3.8, 4) is 0 Å². The lowest BCUT2D eigenvalue weighted by molar-refractivity contribution is 0.0362. The van der Waals surface area contributed by atoms with E-state index in [1.807, 2.05) is 0 Å². The molecule has 0 aromatic heterocycles. The molecule has 3 atom stereocenters. The minimum absolute atomic E-state index is 0.363. The van der Waals surface area contributed by atoms with Gasteiger partial charge in [0.05, 0.1) is 6.10 Å². The van der Waals surface area contributed by atoms with Gasteiger partial charge in [-0.25, -0.2) is 0 Å². The summed E-state index contributed by atoms with van der Waals surface area (Å²) in [6, 6.07) is 0.761. The largest absolute Gasteiger partial charge is 0.378 e. The van der Waals surface area contributed by atoms with Gasteiger partial charge in [-0.2, -0.15) is 0 Å². The second-order valence-electron chi connectivity index (χ2n) is 7.40. The van der Waals surface area contributed by atoms with Crippen LogP contribution in [0.4, 0.5) is 0 Å². The highest BCUT2D eigenvalue weighted by Crippen LogP contribution is 2.36. The van der Waals surface area contributed by atoms with Gasteiger partial charge in [-0.1, -0.05) is 6.92 Å². The number of rotatable bonds is 6. The van der Waals surface area contributed by atoms with Crippen LogP contribution < -0.4 is 5.32 Å². The molecule has 0 aromatic rings. The quantitative estimate of drug-likeness (QED) is 0.810. The fourth-order valence-corrected chi connectivity index (χ4v) is 3.89. The summed E-state index contributed by atoms with van der Waals surface area (Å²) in [5, 5.41) is 3.82. The minimum atomic E-state index is 0.363. The first kappa shape index (κ1) is 14.8. The molecule has 0 amide bonds. The smallest absolute Gasteiger partial charge is 0.0576 e. The van der Waals surface area contributed by atoms with Crippen molar-refractivity contribution in [3.05, 3.63) is 0 Å². The van der Waals surface area contributed by atoms with Crippen LogP contribution in [-0.4, -0.2) is 48.8 Å². The van der Waals surface area contributed by atoms with Gasteiger partial charge in [0, 0.05) is 31.3 Å². The van der Waals surface area contributed by atoms with Crippen molar-refractivity contribution < 1.29 is 4.74 Å². The Morgan fingerprint density at radius 2 is 2.15 bits per heavy atom. The molecule has 2 aliphatic heterocycles. The number of nitrogens with zero attached hydrogens (tertiary/aromatic N) is 1. The minimum Gasteiger partial charge on any atom is -0.378 e. The number of hydrogen-bond donors (Lipinski definition) is 1. The first-order valence-electron chi connectivity index (χ1n) is 8.81. The number of nitrogens with one attached hydrogen (secondary N) is 1. The Morgan fingerprint density at radius 3 is 2.80 bits per heavy atom. The second-order valence-corrected chi connectivity index (χ2v) is 7.40. The molecule has 3 aliphatic rings. The van der Waals surface area contributed by atoms with Crippen LogP contribution in [0.25, 0.3) is 0 Å². The average molecular weight is 280 g/mol. The Kier molecular flexibility index (Phi) is 4.68. The van der Waals surface area contributed by atoms with Crippen LogP contribution in [0.3, 0.4) is 0 Å². The Labute approximate surface area is 124 Å². The molecule has 0 aromatic carbocycles. The van der Waals surface area contributed by atoms with Gasteiger partial charge in [0.25, 0.3) is 0 Å². The number of hydrogen-bond acceptors (Lipinski definition) is 3. The Morgan fingerprint density at radius 1 is 1.30 bits per heavy atom. The van der Waals surface area contributed by atoms with Crippen molar-refractivity contribution in [3.63, 3.8) is 0 Å². The molecular formula is C17H32N2O. The molecule has 0 radical (unpaired) electrons. The van der Waals surface area contributed by atoms with E-state index in [9.17, 15) is 0 Å². The molecule has 3 nitrogen and oxygen atoms in total. The Balaban J connectivity index is 1.49. The van der Waals surface area contributed by atoms with Gasteiger partial charge in [0.15, 0.2) is 0 Å². The third-order valence-corrected chi connectivity index (χ3v) is 5.86. The van der Waals surface area contributed by atoms with Crippen LogP contribution in [0.5, 0.6) is 0 Å². The summed E-state index contributed by atoms with van der Waals surface area (Å²) >= 11 is 0. The van der Waals surface area contributed by atoms with E-state index >= 15 is 0 Å². The zero-order valence-corrected chi connectivity index (χ0v) is 13.4. The van der Waals surface area contributed by atoms with Gasteiger partial charge in [0.2, 0.25) is 0 Å². The van der Waals surface area contributed by atoms with E-state index in [4.69, 9.17) is 4.74 Å². The molecule has 2 heterocycles. The van der Waals surface area contributed by atoms with Crippen molar-refractivity contribution in [1.29, 1.82) is 0 Å². The van der Waals surface area contributed by atoms with E-state index in [-0.39, 0.29) is 0 Å². The van der Waals surface area contributed by atoms with E-state index in [1.165, 1.54) is 64.6 Å². The predicted molar refractivity (Wildman–Crippen MR) is 83.0 cm³/mol. The van der Waals surface area contributed by atoms with Crippen molar-refractivity contribution in [1.82, 2.24) is 10.2 Å². The van der Waals surface area contributed by atoms with Crippen molar-refractivity contribution >= 4 is 0 Å². The van der Waals surface area contributed by atoms with Gasteiger partial charge in [-0.3, -0.25) is 4.90 Å². The van der Waals surface area contributed by atoms with Crippen molar-refractivity contribution in [2.45, 2.75) is 76.5 Å². The molecule has 0 spiro atoms. The molecule has 116 valence electrons. The summed E-state index contributed by atoms with van der Waals surface area (Å²) in [6.07, 6.45) is 9.83. The summed E-state index contributed by atoms with van der Waals surface area (Å²) in [5.74, 6) is 0.970. The van der Waals surface area contributed by atoms with Crippen LogP contribution in [0, 0.1) is 5.92 Å². The van der Waals surface area contributed by atoms with Crippen LogP contribution in [0.15, 0.2) is 0 Å². The monoisotopic (exact) mass is 280 g/mol. The molecular weight excluding hydrogens is 248 g/mol. The van der Waals surface area contributed by atoms with Crippen LogP contribution >= 0.6 is 0 Å². The fraction of sp³-hybridized carbons (Fsp3) is 1.00. The molecule has 3 fully saturated rings.